The summed E-state index contributed by atoms with van der Waals surface area (Å²) in [5, 5.41) is 21.7. The molecular formula is C18H22N4O4. The van der Waals surface area contributed by atoms with Gasteiger partial charge in [-0.3, -0.25) is 9.69 Å². The lowest BCUT2D eigenvalue weighted by Crippen LogP contribution is -2.46. The Morgan fingerprint density at radius 3 is 2.58 bits per heavy atom. The first-order valence-electron chi connectivity index (χ1n) is 8.42. The molecule has 26 heavy (non-hydrogen) atoms. The van der Waals surface area contributed by atoms with Crippen molar-refractivity contribution in [3.63, 3.8) is 0 Å². The molecule has 1 saturated heterocycles. The fourth-order valence-corrected chi connectivity index (χ4v) is 3.23. The molecule has 0 spiro atoms. The Balaban J connectivity index is 1.68. The van der Waals surface area contributed by atoms with E-state index in [1.54, 1.807) is 6.20 Å². The molecule has 0 bridgehead atoms. The number of imidazole rings is 1. The zero-order valence-electron chi connectivity index (χ0n) is 14.7. The van der Waals surface area contributed by atoms with E-state index in [9.17, 15) is 19.8 Å². The highest BCUT2D eigenvalue weighted by molar-refractivity contribution is 5.86. The van der Waals surface area contributed by atoms with Gasteiger partial charge in [0.05, 0.1) is 18.7 Å². The molecule has 138 valence electrons. The second kappa shape index (κ2) is 7.17. The van der Waals surface area contributed by atoms with Crippen molar-refractivity contribution in [1.29, 1.82) is 0 Å². The number of nitrogens with one attached hydrogen (secondary N) is 1. The van der Waals surface area contributed by atoms with Crippen LogP contribution in [-0.4, -0.2) is 55.4 Å². The van der Waals surface area contributed by atoms with Crippen LogP contribution >= 0.6 is 0 Å². The van der Waals surface area contributed by atoms with Crippen LogP contribution in [0.25, 0.3) is 11.4 Å². The fourth-order valence-electron chi connectivity index (χ4n) is 3.23. The predicted molar refractivity (Wildman–Crippen MR) is 94.3 cm³/mol. The smallest absolute Gasteiger partial charge is 0.408 e. The van der Waals surface area contributed by atoms with Gasteiger partial charge in [0.2, 0.25) is 5.91 Å². The average molecular weight is 358 g/mol. The van der Waals surface area contributed by atoms with Gasteiger partial charge in [0, 0.05) is 31.4 Å². The normalized spacial score (nSPS) is 20.8. The summed E-state index contributed by atoms with van der Waals surface area (Å²) in [4.78, 5) is 29.0. The Morgan fingerprint density at radius 1 is 1.31 bits per heavy atom. The van der Waals surface area contributed by atoms with Crippen molar-refractivity contribution in [2.24, 2.45) is 7.05 Å². The van der Waals surface area contributed by atoms with Crippen LogP contribution in [0.5, 0.6) is 0 Å². The van der Waals surface area contributed by atoms with E-state index in [4.69, 9.17) is 0 Å². The van der Waals surface area contributed by atoms with Gasteiger partial charge in [0.15, 0.2) is 0 Å². The Kier molecular flexibility index (Phi) is 4.94. The maximum atomic E-state index is 12.4. The van der Waals surface area contributed by atoms with Crippen LogP contribution in [-0.2, 0) is 11.8 Å². The Hall–Kier alpha value is -2.87. The largest absolute Gasteiger partial charge is 0.465 e. The van der Waals surface area contributed by atoms with E-state index in [-0.39, 0.29) is 19.0 Å². The molecule has 0 unspecified atom stereocenters. The third kappa shape index (κ3) is 3.55. The van der Waals surface area contributed by atoms with E-state index in [0.717, 1.165) is 21.9 Å². The lowest BCUT2D eigenvalue weighted by molar-refractivity contribution is -0.125. The topological polar surface area (TPSA) is 108 Å². The molecule has 2 heterocycles. The minimum absolute atomic E-state index is 0.0415. The van der Waals surface area contributed by atoms with E-state index in [2.05, 4.69) is 10.3 Å². The van der Waals surface area contributed by atoms with Crippen molar-refractivity contribution in [3.05, 3.63) is 42.2 Å². The first-order valence-corrected chi connectivity index (χ1v) is 8.42. The Labute approximate surface area is 151 Å². The molecule has 8 nitrogen and oxygen atoms in total. The van der Waals surface area contributed by atoms with Crippen molar-refractivity contribution in [2.45, 2.75) is 31.5 Å². The number of nitrogens with zero attached hydrogens (tertiary/aromatic N) is 3. The number of carbonyl (C=O) groups excluding carboxylic acids is 1. The first kappa shape index (κ1) is 17.9. The lowest BCUT2D eigenvalue weighted by atomic mass is 10.0. The molecule has 3 atom stereocenters. The van der Waals surface area contributed by atoms with Gasteiger partial charge in [-0.2, -0.15) is 0 Å². The van der Waals surface area contributed by atoms with Crippen LogP contribution in [0.1, 0.15) is 24.9 Å². The zero-order valence-corrected chi connectivity index (χ0v) is 14.7. The minimum atomic E-state index is -1.20. The van der Waals surface area contributed by atoms with Gasteiger partial charge in [0.1, 0.15) is 11.9 Å². The minimum Gasteiger partial charge on any atom is -0.465 e. The summed E-state index contributed by atoms with van der Waals surface area (Å²) in [6.07, 6.45) is 1.71. The molecule has 0 aliphatic carbocycles. The fraction of sp³-hybridized carbons (Fsp3) is 0.389. The number of amides is 2. The molecule has 0 saturated carbocycles. The number of aliphatic hydroxyl groups is 1. The average Bonchev–Trinajstić information content (AvgIpc) is 3.20. The van der Waals surface area contributed by atoms with Crippen LogP contribution in [0, 0.1) is 0 Å². The highest BCUT2D eigenvalue weighted by atomic mass is 16.4. The SMILES string of the molecule is C[C@H](NC(=O)[C@H]1C[C@@H](O)CN1C(=O)O)c1ccc(-c2nccn2C)cc1. The van der Waals surface area contributed by atoms with Crippen molar-refractivity contribution in [1.82, 2.24) is 19.8 Å². The number of aliphatic hydroxyl groups excluding tert-OH is 1. The third-order valence-corrected chi connectivity index (χ3v) is 4.68. The predicted octanol–water partition coefficient (Wildman–Crippen LogP) is 1.38. The number of β-amino-alcohol motifs (C(OH)–C–C–N with tert-alkyl or cyclic N) is 1. The molecule has 2 amide bonds. The molecule has 3 rings (SSSR count). The maximum absolute atomic E-state index is 12.4. The number of carboxylic acid groups (broad SMARTS) is 1. The molecule has 3 N–H and O–H groups in total. The summed E-state index contributed by atoms with van der Waals surface area (Å²) in [6.45, 7) is 1.80. The van der Waals surface area contributed by atoms with E-state index >= 15 is 0 Å². The van der Waals surface area contributed by atoms with Crippen molar-refractivity contribution in [3.8, 4) is 11.4 Å². The van der Waals surface area contributed by atoms with Crippen molar-refractivity contribution in [2.75, 3.05) is 6.54 Å². The van der Waals surface area contributed by atoms with Crippen LogP contribution in [0.15, 0.2) is 36.7 Å². The van der Waals surface area contributed by atoms with E-state index in [1.165, 1.54) is 0 Å². The Morgan fingerprint density at radius 2 is 2.00 bits per heavy atom. The van der Waals surface area contributed by atoms with Crippen LogP contribution in [0.2, 0.25) is 0 Å². The molecule has 1 aliphatic heterocycles. The molecular weight excluding hydrogens is 336 g/mol. The van der Waals surface area contributed by atoms with E-state index in [0.29, 0.717) is 0 Å². The molecule has 2 aromatic rings. The quantitative estimate of drug-likeness (QED) is 0.765. The number of likely N-dealkylation sites (tertiary alicyclic amines) is 1. The molecule has 1 aliphatic rings. The van der Waals surface area contributed by atoms with Gasteiger partial charge < -0.3 is 20.1 Å². The number of aromatic nitrogens is 2. The van der Waals surface area contributed by atoms with Gasteiger partial charge in [-0.25, -0.2) is 9.78 Å². The zero-order chi connectivity index (χ0) is 18.8. The number of hydrogen-bond acceptors (Lipinski definition) is 4. The van der Waals surface area contributed by atoms with Gasteiger partial charge in [0.25, 0.3) is 0 Å². The van der Waals surface area contributed by atoms with E-state index < -0.39 is 24.1 Å². The molecule has 1 fully saturated rings. The second-order valence-electron chi connectivity index (χ2n) is 6.55. The molecule has 1 aromatic heterocycles. The summed E-state index contributed by atoms with van der Waals surface area (Å²) in [5.74, 6) is 0.454. The van der Waals surface area contributed by atoms with Crippen LogP contribution in [0.4, 0.5) is 4.79 Å². The summed E-state index contributed by atoms with van der Waals surface area (Å²) in [7, 11) is 1.92. The highest BCUT2D eigenvalue weighted by Gasteiger charge is 2.39. The van der Waals surface area contributed by atoms with Crippen molar-refractivity contribution >= 4 is 12.0 Å². The highest BCUT2D eigenvalue weighted by Crippen LogP contribution is 2.22. The standard InChI is InChI=1S/C18H22N4O4/c1-11(20-17(24)15-9-14(23)10-22(15)18(25)26)12-3-5-13(6-4-12)16-19-7-8-21(16)2/h3-8,11,14-15,23H,9-10H2,1-2H3,(H,20,24)(H,25,26)/t11-,14+,15+/m0/s1. The van der Waals surface area contributed by atoms with Crippen LogP contribution in [0.3, 0.4) is 0 Å². The molecule has 8 heteroatoms. The Bertz CT molecular complexity index is 802. The van der Waals surface area contributed by atoms with Gasteiger partial charge in [-0.15, -0.1) is 0 Å². The molecule has 1 aromatic carbocycles. The molecule has 0 radical (unpaired) electrons. The number of rotatable bonds is 4. The summed E-state index contributed by atoms with van der Waals surface area (Å²) < 4.78 is 1.92. The number of carbonyl (C=O) groups is 2. The van der Waals surface area contributed by atoms with Crippen molar-refractivity contribution < 1.29 is 19.8 Å². The number of hydrogen-bond donors (Lipinski definition) is 3. The first-order chi connectivity index (χ1) is 12.4. The second-order valence-corrected chi connectivity index (χ2v) is 6.55. The van der Waals surface area contributed by atoms with Gasteiger partial charge >= 0.3 is 6.09 Å². The van der Waals surface area contributed by atoms with Gasteiger partial charge in [-0.05, 0) is 12.5 Å². The van der Waals surface area contributed by atoms with E-state index in [1.807, 2.05) is 49.0 Å². The van der Waals surface area contributed by atoms with Gasteiger partial charge in [-0.1, -0.05) is 24.3 Å². The number of aryl methyl sites for hydroxylation is 1. The number of benzene rings is 1. The van der Waals surface area contributed by atoms with Crippen LogP contribution < -0.4 is 5.32 Å². The summed E-state index contributed by atoms with van der Waals surface area (Å²) in [5.41, 5.74) is 1.87. The summed E-state index contributed by atoms with van der Waals surface area (Å²) >= 11 is 0. The lowest BCUT2D eigenvalue weighted by Gasteiger charge is -2.23. The summed E-state index contributed by atoms with van der Waals surface area (Å²) in [6, 6.07) is 6.54. The maximum Gasteiger partial charge on any atom is 0.408 e. The monoisotopic (exact) mass is 358 g/mol. The third-order valence-electron chi connectivity index (χ3n) is 4.68.